The number of aromatic amines is 1. The van der Waals surface area contributed by atoms with Gasteiger partial charge in [-0.3, -0.25) is 0 Å². The number of piperidine rings is 1. The molecule has 0 spiro atoms. The lowest BCUT2D eigenvalue weighted by atomic mass is 10.1. The highest BCUT2D eigenvalue weighted by Gasteiger charge is 2.35. The lowest BCUT2D eigenvalue weighted by molar-refractivity contribution is -0.136. The van der Waals surface area contributed by atoms with Gasteiger partial charge in [-0.05, 0) is 26.3 Å². The van der Waals surface area contributed by atoms with Gasteiger partial charge in [0, 0.05) is 25.4 Å². The fourth-order valence-electron chi connectivity index (χ4n) is 3.13. The third-order valence-corrected chi connectivity index (χ3v) is 4.56. The van der Waals surface area contributed by atoms with Gasteiger partial charge in [0.15, 0.2) is 0 Å². The van der Waals surface area contributed by atoms with Crippen LogP contribution in [0.5, 0.6) is 5.75 Å². The summed E-state index contributed by atoms with van der Waals surface area (Å²) in [7, 11) is 2.08. The SMILES string of the molecule is CCCOc1cc(COC2CCN(C)CC2)nc2[nH]cc(C(F)(F)F)c12. The first-order valence-corrected chi connectivity index (χ1v) is 8.89. The molecule has 0 unspecified atom stereocenters. The summed E-state index contributed by atoms with van der Waals surface area (Å²) in [6, 6.07) is 1.57. The monoisotopic (exact) mass is 371 g/mol. The molecule has 0 amide bonds. The molecule has 3 rings (SSSR count). The van der Waals surface area contributed by atoms with Crippen molar-refractivity contribution in [2.75, 3.05) is 26.7 Å². The molecule has 3 heterocycles. The van der Waals surface area contributed by atoms with Crippen LogP contribution >= 0.6 is 0 Å². The molecule has 1 saturated heterocycles. The van der Waals surface area contributed by atoms with Crippen molar-refractivity contribution in [3.63, 3.8) is 0 Å². The molecule has 0 aliphatic carbocycles. The smallest absolute Gasteiger partial charge is 0.418 e. The Labute approximate surface area is 150 Å². The number of rotatable bonds is 6. The quantitative estimate of drug-likeness (QED) is 0.835. The minimum absolute atomic E-state index is 0.0195. The Balaban J connectivity index is 1.82. The lowest BCUT2D eigenvalue weighted by Gasteiger charge is -2.28. The molecular formula is C18H24F3N3O2. The van der Waals surface area contributed by atoms with Crippen molar-refractivity contribution in [3.05, 3.63) is 23.5 Å². The van der Waals surface area contributed by atoms with Crippen LogP contribution in [0.25, 0.3) is 11.0 Å². The number of halogens is 3. The minimum atomic E-state index is -4.46. The zero-order valence-corrected chi connectivity index (χ0v) is 15.0. The summed E-state index contributed by atoms with van der Waals surface area (Å²) in [5.41, 5.74) is -0.0140. The zero-order chi connectivity index (χ0) is 18.7. The van der Waals surface area contributed by atoms with Crippen molar-refractivity contribution >= 4 is 11.0 Å². The molecule has 1 fully saturated rings. The number of hydrogen-bond donors (Lipinski definition) is 1. The van der Waals surface area contributed by atoms with E-state index < -0.39 is 11.7 Å². The largest absolute Gasteiger partial charge is 0.493 e. The van der Waals surface area contributed by atoms with Gasteiger partial charge in [-0.15, -0.1) is 0 Å². The van der Waals surface area contributed by atoms with Crippen LogP contribution < -0.4 is 4.74 Å². The van der Waals surface area contributed by atoms with Crippen LogP contribution in [0.3, 0.4) is 0 Å². The number of fused-ring (bicyclic) bond motifs is 1. The molecule has 0 saturated carbocycles. The first-order chi connectivity index (χ1) is 12.4. The second-order valence-electron chi connectivity index (χ2n) is 6.70. The second-order valence-corrected chi connectivity index (χ2v) is 6.70. The summed E-state index contributed by atoms with van der Waals surface area (Å²) in [6.45, 7) is 4.47. The van der Waals surface area contributed by atoms with Crippen molar-refractivity contribution in [1.29, 1.82) is 0 Å². The summed E-state index contributed by atoms with van der Waals surface area (Å²) in [5, 5.41) is -0.0195. The van der Waals surface area contributed by atoms with E-state index in [0.29, 0.717) is 18.7 Å². The standard InChI is InChI=1S/C18H24F3N3O2/c1-3-8-25-15-9-12(11-26-13-4-6-24(2)7-5-13)23-17-16(15)14(10-22-17)18(19,20)21/h9-10,13H,3-8,11H2,1-2H3,(H,22,23). The Morgan fingerprint density at radius 3 is 2.69 bits per heavy atom. The van der Waals surface area contributed by atoms with Gasteiger partial charge in [0.25, 0.3) is 0 Å². The zero-order valence-electron chi connectivity index (χ0n) is 15.0. The average Bonchev–Trinajstić information content (AvgIpc) is 3.03. The number of hydrogen-bond acceptors (Lipinski definition) is 4. The first kappa shape index (κ1) is 19.0. The van der Waals surface area contributed by atoms with E-state index in [1.54, 1.807) is 6.07 Å². The summed E-state index contributed by atoms with van der Waals surface area (Å²) < 4.78 is 51.2. The number of nitrogens with one attached hydrogen (secondary N) is 1. The second kappa shape index (κ2) is 7.84. The number of aromatic nitrogens is 2. The van der Waals surface area contributed by atoms with Crippen LogP contribution in [-0.2, 0) is 17.5 Å². The minimum Gasteiger partial charge on any atom is -0.493 e. The van der Waals surface area contributed by atoms with E-state index in [1.165, 1.54) is 0 Å². The van der Waals surface area contributed by atoms with E-state index >= 15 is 0 Å². The summed E-state index contributed by atoms with van der Waals surface area (Å²) in [5.74, 6) is 0.201. The highest BCUT2D eigenvalue weighted by atomic mass is 19.4. The molecule has 8 heteroatoms. The van der Waals surface area contributed by atoms with Gasteiger partial charge in [0.1, 0.15) is 11.4 Å². The molecule has 0 atom stereocenters. The Morgan fingerprint density at radius 1 is 1.31 bits per heavy atom. The molecule has 1 aliphatic rings. The Bertz CT molecular complexity index is 737. The third kappa shape index (κ3) is 4.29. The van der Waals surface area contributed by atoms with Gasteiger partial charge >= 0.3 is 6.18 Å². The van der Waals surface area contributed by atoms with E-state index in [9.17, 15) is 13.2 Å². The molecule has 26 heavy (non-hydrogen) atoms. The molecule has 2 aromatic rings. The molecule has 1 N–H and O–H groups in total. The van der Waals surface area contributed by atoms with Gasteiger partial charge in [0.2, 0.25) is 0 Å². The van der Waals surface area contributed by atoms with Gasteiger partial charge in [-0.2, -0.15) is 13.2 Å². The third-order valence-electron chi connectivity index (χ3n) is 4.56. The van der Waals surface area contributed by atoms with Crippen molar-refractivity contribution < 1.29 is 22.6 Å². The molecule has 1 aliphatic heterocycles. The van der Waals surface area contributed by atoms with E-state index in [0.717, 1.165) is 32.1 Å². The van der Waals surface area contributed by atoms with Gasteiger partial charge in [0.05, 0.1) is 36.0 Å². The van der Waals surface area contributed by atoms with E-state index in [2.05, 4.69) is 21.9 Å². The number of likely N-dealkylation sites (tertiary alicyclic amines) is 1. The van der Waals surface area contributed by atoms with Gasteiger partial charge < -0.3 is 19.4 Å². The first-order valence-electron chi connectivity index (χ1n) is 8.89. The fraction of sp³-hybridized carbons (Fsp3) is 0.611. The van der Waals surface area contributed by atoms with Gasteiger partial charge in [-0.25, -0.2) is 4.98 Å². The van der Waals surface area contributed by atoms with E-state index in [-0.39, 0.29) is 29.5 Å². The highest BCUT2D eigenvalue weighted by molar-refractivity contribution is 5.87. The summed E-state index contributed by atoms with van der Waals surface area (Å²) in [4.78, 5) is 9.18. The molecule has 0 radical (unpaired) electrons. The normalized spacial score (nSPS) is 17.1. The van der Waals surface area contributed by atoms with Crippen LogP contribution in [0.4, 0.5) is 13.2 Å². The predicted octanol–water partition coefficient (Wildman–Crippen LogP) is 3.98. The van der Waals surface area contributed by atoms with Crippen LogP contribution in [0.2, 0.25) is 0 Å². The van der Waals surface area contributed by atoms with Crippen LogP contribution in [0, 0.1) is 0 Å². The van der Waals surface area contributed by atoms with Crippen molar-refractivity contribution in [2.24, 2.45) is 0 Å². The van der Waals surface area contributed by atoms with E-state index in [1.807, 2.05) is 6.92 Å². The topological polar surface area (TPSA) is 50.4 Å². The number of alkyl halides is 3. The van der Waals surface area contributed by atoms with Crippen LogP contribution in [0.15, 0.2) is 12.3 Å². The molecule has 0 aromatic carbocycles. The Kier molecular flexibility index (Phi) is 5.72. The lowest BCUT2D eigenvalue weighted by Crippen LogP contribution is -2.34. The molecule has 5 nitrogen and oxygen atoms in total. The Hall–Kier alpha value is -1.80. The van der Waals surface area contributed by atoms with Crippen molar-refractivity contribution in [1.82, 2.24) is 14.9 Å². The number of pyridine rings is 1. The van der Waals surface area contributed by atoms with E-state index in [4.69, 9.17) is 9.47 Å². The molecular weight excluding hydrogens is 347 g/mol. The van der Waals surface area contributed by atoms with Crippen molar-refractivity contribution in [3.8, 4) is 5.75 Å². The predicted molar refractivity (Wildman–Crippen MR) is 92.2 cm³/mol. The highest BCUT2D eigenvalue weighted by Crippen LogP contribution is 2.39. The molecule has 0 bridgehead atoms. The summed E-state index contributed by atoms with van der Waals surface area (Å²) >= 11 is 0. The number of nitrogens with zero attached hydrogens (tertiary/aromatic N) is 2. The number of ether oxygens (including phenoxy) is 2. The average molecular weight is 371 g/mol. The number of H-pyrrole nitrogens is 1. The molecule has 144 valence electrons. The van der Waals surface area contributed by atoms with Crippen molar-refractivity contribution in [2.45, 2.75) is 45.1 Å². The Morgan fingerprint density at radius 2 is 2.04 bits per heavy atom. The molecule has 2 aromatic heterocycles. The fourth-order valence-corrected chi connectivity index (χ4v) is 3.13. The van der Waals surface area contributed by atoms with Crippen LogP contribution in [-0.4, -0.2) is 47.7 Å². The maximum absolute atomic E-state index is 13.2. The van der Waals surface area contributed by atoms with Gasteiger partial charge in [-0.1, -0.05) is 6.92 Å². The van der Waals surface area contributed by atoms with Crippen LogP contribution in [0.1, 0.15) is 37.4 Å². The maximum atomic E-state index is 13.2. The maximum Gasteiger partial charge on any atom is 0.418 e. The summed E-state index contributed by atoms with van der Waals surface area (Å²) in [6.07, 6.45) is -0.777.